The molecule has 0 aromatic heterocycles. The van der Waals surface area contributed by atoms with Gasteiger partial charge in [0.25, 0.3) is 0 Å². The fraction of sp³-hybridized carbons (Fsp3) is 0.700. The second kappa shape index (κ2) is 2.50. The van der Waals surface area contributed by atoms with E-state index in [-0.39, 0.29) is 11.2 Å². The van der Waals surface area contributed by atoms with Gasteiger partial charge in [-0.25, -0.2) is 4.79 Å². The van der Waals surface area contributed by atoms with Crippen molar-refractivity contribution in [1.29, 1.82) is 0 Å². The number of ether oxygens (including phenoxy) is 1. The lowest BCUT2D eigenvalue weighted by Gasteiger charge is -2.18. The molecule has 1 rings (SSSR count). The fourth-order valence-electron chi connectivity index (χ4n) is 1.39. The van der Waals surface area contributed by atoms with Crippen molar-refractivity contribution in [2.45, 2.75) is 40.2 Å². The lowest BCUT2D eigenvalue weighted by Crippen LogP contribution is -2.22. The first kappa shape index (κ1) is 10.1. The van der Waals surface area contributed by atoms with E-state index in [1.165, 1.54) is 0 Å². The molecule has 1 aliphatic heterocycles. The molecule has 0 bridgehead atoms. The number of hydrogen-bond acceptors (Lipinski definition) is 3. The van der Waals surface area contributed by atoms with Gasteiger partial charge in [0, 0.05) is 0 Å². The van der Waals surface area contributed by atoms with Gasteiger partial charge in [0.05, 0.1) is 5.57 Å². The number of aliphatic hydroxyl groups excluding tert-OH is 1. The summed E-state index contributed by atoms with van der Waals surface area (Å²) >= 11 is 0. The van der Waals surface area contributed by atoms with E-state index in [1.54, 1.807) is 13.8 Å². The summed E-state index contributed by atoms with van der Waals surface area (Å²) in [6.45, 7) is 8.99. The highest BCUT2D eigenvalue weighted by Gasteiger charge is 2.44. The number of aliphatic hydroxyl groups is 1. The van der Waals surface area contributed by atoms with Gasteiger partial charge < -0.3 is 9.84 Å². The van der Waals surface area contributed by atoms with E-state index < -0.39 is 11.6 Å². The van der Waals surface area contributed by atoms with Gasteiger partial charge in [0.2, 0.25) is 0 Å². The maximum atomic E-state index is 11.4. The molecule has 3 heteroatoms. The Morgan fingerprint density at radius 2 is 1.77 bits per heavy atom. The minimum Gasteiger partial charge on any atom is -0.507 e. The Morgan fingerprint density at radius 1 is 1.31 bits per heavy atom. The van der Waals surface area contributed by atoms with Crippen LogP contribution in [-0.2, 0) is 9.53 Å². The lowest BCUT2D eigenvalue weighted by molar-refractivity contribution is -0.146. The largest absolute Gasteiger partial charge is 0.507 e. The Kier molecular flexibility index (Phi) is 1.94. The second-order valence-corrected chi connectivity index (χ2v) is 4.87. The van der Waals surface area contributed by atoms with Crippen molar-refractivity contribution in [3.8, 4) is 0 Å². The van der Waals surface area contributed by atoms with Crippen LogP contribution in [0.5, 0.6) is 0 Å². The van der Waals surface area contributed by atoms with Gasteiger partial charge >= 0.3 is 5.97 Å². The van der Waals surface area contributed by atoms with E-state index in [0.717, 1.165) is 0 Å². The maximum Gasteiger partial charge on any atom is 0.339 e. The molecule has 74 valence electrons. The van der Waals surface area contributed by atoms with E-state index in [9.17, 15) is 9.90 Å². The predicted octanol–water partition coefficient (Wildman–Crippen LogP) is 2.18. The molecular weight excluding hydrogens is 168 g/mol. The van der Waals surface area contributed by atoms with Crippen LogP contribution < -0.4 is 0 Å². The third-order valence-electron chi connectivity index (χ3n) is 2.11. The summed E-state index contributed by atoms with van der Waals surface area (Å²) in [5.74, 6) is -0.347. The molecule has 1 N–H and O–H groups in total. The van der Waals surface area contributed by atoms with Gasteiger partial charge in [-0.2, -0.15) is 0 Å². The van der Waals surface area contributed by atoms with Gasteiger partial charge in [-0.15, -0.1) is 0 Å². The minimum absolute atomic E-state index is 0.0602. The molecule has 3 nitrogen and oxygen atoms in total. The van der Waals surface area contributed by atoms with Crippen LogP contribution in [-0.4, -0.2) is 16.7 Å². The molecule has 0 unspecified atom stereocenters. The van der Waals surface area contributed by atoms with Gasteiger partial charge in [-0.05, 0) is 19.3 Å². The Hall–Kier alpha value is -0.990. The zero-order valence-electron chi connectivity index (χ0n) is 8.76. The first-order valence-electron chi connectivity index (χ1n) is 4.34. The average Bonchev–Trinajstić information content (AvgIpc) is 1.99. The fourth-order valence-corrected chi connectivity index (χ4v) is 1.39. The van der Waals surface area contributed by atoms with E-state index in [0.29, 0.717) is 5.57 Å². The van der Waals surface area contributed by atoms with Crippen LogP contribution >= 0.6 is 0 Å². The van der Waals surface area contributed by atoms with Crippen LogP contribution in [0.25, 0.3) is 0 Å². The van der Waals surface area contributed by atoms with Crippen molar-refractivity contribution >= 4 is 5.97 Å². The highest BCUT2D eigenvalue weighted by atomic mass is 16.6. The van der Waals surface area contributed by atoms with Crippen LogP contribution in [0.1, 0.15) is 34.6 Å². The molecule has 0 aromatic carbocycles. The smallest absolute Gasteiger partial charge is 0.339 e. The van der Waals surface area contributed by atoms with Crippen molar-refractivity contribution in [2.75, 3.05) is 0 Å². The van der Waals surface area contributed by atoms with Crippen molar-refractivity contribution < 1.29 is 14.6 Å². The first-order valence-corrected chi connectivity index (χ1v) is 4.34. The summed E-state index contributed by atoms with van der Waals surface area (Å²) in [6, 6.07) is 0. The SMILES string of the molecule is CC(C)(C)C1=C(O)C(C)(C)OC1=O. The molecule has 0 fully saturated rings. The highest BCUT2D eigenvalue weighted by Crippen LogP contribution is 2.39. The predicted molar refractivity (Wildman–Crippen MR) is 49.3 cm³/mol. The third kappa shape index (κ3) is 1.55. The number of esters is 1. The number of cyclic esters (lactones) is 1. The molecule has 13 heavy (non-hydrogen) atoms. The standard InChI is InChI=1S/C10H16O3/c1-9(2,3)6-7(11)10(4,5)13-8(6)12/h11H,1-5H3. The monoisotopic (exact) mass is 184 g/mol. The second-order valence-electron chi connectivity index (χ2n) is 4.87. The Bertz CT molecular complexity index is 279. The number of rotatable bonds is 0. The summed E-state index contributed by atoms with van der Waals surface area (Å²) in [4.78, 5) is 11.4. The lowest BCUT2D eigenvalue weighted by atomic mass is 9.84. The Labute approximate surface area is 78.4 Å². The number of carbonyl (C=O) groups is 1. The van der Waals surface area contributed by atoms with E-state index in [2.05, 4.69) is 0 Å². The average molecular weight is 184 g/mol. The molecule has 0 saturated carbocycles. The van der Waals surface area contributed by atoms with Crippen molar-refractivity contribution in [2.24, 2.45) is 5.41 Å². The van der Waals surface area contributed by atoms with Gasteiger partial charge in [0.15, 0.2) is 5.60 Å². The summed E-state index contributed by atoms with van der Waals surface area (Å²) in [5.41, 5.74) is -0.841. The molecule has 0 amide bonds. The normalized spacial score (nSPS) is 22.1. The summed E-state index contributed by atoms with van der Waals surface area (Å²) in [5, 5.41) is 9.76. The van der Waals surface area contributed by atoms with E-state index in [1.807, 2.05) is 20.8 Å². The maximum absolute atomic E-state index is 11.4. The molecule has 0 spiro atoms. The molecule has 0 aliphatic carbocycles. The molecule has 0 aromatic rings. The summed E-state index contributed by atoms with van der Waals surface area (Å²) in [7, 11) is 0. The zero-order valence-corrected chi connectivity index (χ0v) is 8.76. The van der Waals surface area contributed by atoms with Crippen molar-refractivity contribution in [1.82, 2.24) is 0 Å². The third-order valence-corrected chi connectivity index (χ3v) is 2.11. The molecule has 0 atom stereocenters. The molecule has 1 aliphatic rings. The summed E-state index contributed by atoms with van der Waals surface area (Å²) in [6.07, 6.45) is 0. The van der Waals surface area contributed by atoms with Crippen LogP contribution in [0.3, 0.4) is 0 Å². The minimum atomic E-state index is -0.861. The van der Waals surface area contributed by atoms with Gasteiger partial charge in [0.1, 0.15) is 5.76 Å². The quantitative estimate of drug-likeness (QED) is 0.587. The van der Waals surface area contributed by atoms with Crippen molar-refractivity contribution in [3.05, 3.63) is 11.3 Å². The van der Waals surface area contributed by atoms with Gasteiger partial charge in [-0.1, -0.05) is 20.8 Å². The molecule has 0 radical (unpaired) electrons. The molecule has 0 saturated heterocycles. The molecule has 1 heterocycles. The van der Waals surface area contributed by atoms with Gasteiger partial charge in [-0.3, -0.25) is 0 Å². The van der Waals surface area contributed by atoms with Crippen molar-refractivity contribution in [3.63, 3.8) is 0 Å². The van der Waals surface area contributed by atoms with Crippen LogP contribution in [0.15, 0.2) is 11.3 Å². The van der Waals surface area contributed by atoms with Crippen LogP contribution in [0.4, 0.5) is 0 Å². The van der Waals surface area contributed by atoms with Crippen LogP contribution in [0.2, 0.25) is 0 Å². The van der Waals surface area contributed by atoms with Crippen LogP contribution in [0, 0.1) is 5.41 Å². The topological polar surface area (TPSA) is 46.5 Å². The Balaban J connectivity index is 3.22. The molecular formula is C10H16O3. The van der Waals surface area contributed by atoms with E-state index >= 15 is 0 Å². The van der Waals surface area contributed by atoms with E-state index in [4.69, 9.17) is 4.74 Å². The highest BCUT2D eigenvalue weighted by molar-refractivity contribution is 5.93. The Morgan fingerprint density at radius 3 is 1.92 bits per heavy atom. The summed E-state index contributed by atoms with van der Waals surface area (Å²) < 4.78 is 5.04. The number of carbonyl (C=O) groups excluding carboxylic acids is 1. The number of hydrogen-bond donors (Lipinski definition) is 1. The first-order chi connectivity index (χ1) is 5.66. The zero-order chi connectivity index (χ0) is 10.4.